The van der Waals surface area contributed by atoms with Gasteiger partial charge >= 0.3 is 5.97 Å². The number of esters is 1. The summed E-state index contributed by atoms with van der Waals surface area (Å²) >= 11 is 5.65. The largest absolute Gasteiger partial charge is 0.489 e. The summed E-state index contributed by atoms with van der Waals surface area (Å²) in [6, 6.07) is 23.2. The highest BCUT2D eigenvalue weighted by molar-refractivity contribution is 14.1. The number of benzene rings is 3. The van der Waals surface area contributed by atoms with Crippen LogP contribution in [0.1, 0.15) is 16.7 Å². The lowest BCUT2D eigenvalue weighted by molar-refractivity contribution is -0.129. The van der Waals surface area contributed by atoms with Crippen molar-refractivity contribution < 1.29 is 14.3 Å². The molecule has 0 aromatic heterocycles. The van der Waals surface area contributed by atoms with Crippen LogP contribution in [0.3, 0.4) is 0 Å². The zero-order chi connectivity index (χ0) is 20.2. The van der Waals surface area contributed by atoms with Gasteiger partial charge in [-0.1, -0.05) is 40.2 Å². The predicted molar refractivity (Wildman–Crippen MR) is 125 cm³/mol. The third-order valence-corrected chi connectivity index (χ3v) is 5.44. The van der Waals surface area contributed by atoms with Gasteiger partial charge in [0.05, 0.1) is 0 Å². The van der Waals surface area contributed by atoms with E-state index in [9.17, 15) is 4.79 Å². The van der Waals surface area contributed by atoms with Gasteiger partial charge in [0.15, 0.2) is 5.70 Å². The van der Waals surface area contributed by atoms with Crippen LogP contribution in [0.2, 0.25) is 0 Å². The molecular weight excluding hydrogens is 545 g/mol. The first-order valence-electron chi connectivity index (χ1n) is 8.83. The Hall–Kier alpha value is -2.45. The number of cyclic esters (lactones) is 1. The van der Waals surface area contributed by atoms with Gasteiger partial charge < -0.3 is 9.47 Å². The molecule has 0 amide bonds. The first kappa shape index (κ1) is 19.8. The fourth-order valence-corrected chi connectivity index (χ4v) is 3.35. The average Bonchev–Trinajstić information content (AvgIpc) is 3.09. The summed E-state index contributed by atoms with van der Waals surface area (Å²) in [4.78, 5) is 16.6. The van der Waals surface area contributed by atoms with Crippen molar-refractivity contribution in [2.45, 2.75) is 6.61 Å². The molecule has 0 saturated heterocycles. The molecule has 1 aliphatic heterocycles. The Bertz CT molecular complexity index is 1110. The van der Waals surface area contributed by atoms with E-state index in [0.717, 1.165) is 30.5 Å². The molecular formula is C23H15BrINO3. The van der Waals surface area contributed by atoms with Crippen LogP contribution in [-0.2, 0) is 16.1 Å². The number of carbonyl (C=O) groups excluding carboxylic acids is 1. The molecule has 4 nitrogen and oxygen atoms in total. The number of hydrogen-bond acceptors (Lipinski definition) is 4. The second kappa shape index (κ2) is 8.92. The third kappa shape index (κ3) is 5.13. The van der Waals surface area contributed by atoms with Crippen LogP contribution in [0.5, 0.6) is 5.75 Å². The number of carbonyl (C=O) groups is 1. The quantitative estimate of drug-likeness (QED) is 0.219. The average molecular weight is 560 g/mol. The van der Waals surface area contributed by atoms with Crippen molar-refractivity contribution in [3.8, 4) is 5.75 Å². The lowest BCUT2D eigenvalue weighted by atomic mass is 10.2. The molecule has 3 aromatic carbocycles. The van der Waals surface area contributed by atoms with Gasteiger partial charge in [0, 0.05) is 13.6 Å². The second-order valence-corrected chi connectivity index (χ2v) is 8.49. The SMILES string of the molecule is O=C1OC(c2ccc(I)cc2)=N/C1=C\c1cccc(OCc2ccc(Br)cc2)c1. The van der Waals surface area contributed by atoms with Gasteiger partial charge in [0.1, 0.15) is 12.4 Å². The molecule has 0 unspecified atom stereocenters. The maximum absolute atomic E-state index is 12.2. The van der Waals surface area contributed by atoms with E-state index in [1.54, 1.807) is 6.08 Å². The van der Waals surface area contributed by atoms with Crippen LogP contribution in [0.15, 0.2) is 88.0 Å². The van der Waals surface area contributed by atoms with Gasteiger partial charge in [-0.2, -0.15) is 0 Å². The van der Waals surface area contributed by atoms with E-state index in [-0.39, 0.29) is 5.70 Å². The number of rotatable bonds is 5. The molecule has 0 saturated carbocycles. The summed E-state index contributed by atoms with van der Waals surface area (Å²) in [6.45, 7) is 0.463. The van der Waals surface area contributed by atoms with Gasteiger partial charge in [-0.3, -0.25) is 0 Å². The fourth-order valence-electron chi connectivity index (χ4n) is 2.72. The smallest absolute Gasteiger partial charge is 0.363 e. The Morgan fingerprint density at radius 2 is 1.79 bits per heavy atom. The Kier molecular flexibility index (Phi) is 6.10. The Morgan fingerprint density at radius 1 is 1.03 bits per heavy atom. The second-order valence-electron chi connectivity index (χ2n) is 6.33. The van der Waals surface area contributed by atoms with E-state index >= 15 is 0 Å². The van der Waals surface area contributed by atoms with Crippen molar-refractivity contribution in [1.29, 1.82) is 0 Å². The summed E-state index contributed by atoms with van der Waals surface area (Å²) < 4.78 is 13.3. The van der Waals surface area contributed by atoms with Crippen LogP contribution < -0.4 is 4.74 Å². The molecule has 0 atom stereocenters. The Labute approximate surface area is 190 Å². The van der Waals surface area contributed by atoms with Crippen molar-refractivity contribution in [3.05, 3.63) is 103 Å². The molecule has 0 radical (unpaired) electrons. The zero-order valence-electron chi connectivity index (χ0n) is 15.1. The Morgan fingerprint density at radius 3 is 2.55 bits per heavy atom. The van der Waals surface area contributed by atoms with E-state index in [2.05, 4.69) is 43.5 Å². The molecule has 0 bridgehead atoms. The number of halogens is 2. The number of hydrogen-bond donors (Lipinski definition) is 0. The van der Waals surface area contributed by atoms with Gasteiger partial charge in [-0.05, 0) is 88.3 Å². The van der Waals surface area contributed by atoms with E-state index in [1.165, 1.54) is 0 Å². The Balaban J connectivity index is 1.50. The maximum atomic E-state index is 12.2. The predicted octanol–water partition coefficient (Wildman–Crippen LogP) is 5.98. The first-order valence-corrected chi connectivity index (χ1v) is 10.7. The van der Waals surface area contributed by atoms with Crippen LogP contribution in [0.25, 0.3) is 6.08 Å². The maximum Gasteiger partial charge on any atom is 0.363 e. The lowest BCUT2D eigenvalue weighted by Gasteiger charge is -2.07. The van der Waals surface area contributed by atoms with E-state index in [1.807, 2.05) is 72.8 Å². The van der Waals surface area contributed by atoms with Crippen LogP contribution in [0.4, 0.5) is 0 Å². The summed E-state index contributed by atoms with van der Waals surface area (Å²) in [5.41, 5.74) is 2.93. The van der Waals surface area contributed by atoms with Crippen molar-refractivity contribution in [3.63, 3.8) is 0 Å². The van der Waals surface area contributed by atoms with Crippen molar-refractivity contribution in [2.24, 2.45) is 4.99 Å². The zero-order valence-corrected chi connectivity index (χ0v) is 18.9. The highest BCUT2D eigenvalue weighted by Crippen LogP contribution is 2.22. The highest BCUT2D eigenvalue weighted by Gasteiger charge is 2.24. The fraction of sp³-hybridized carbons (Fsp3) is 0.0435. The van der Waals surface area contributed by atoms with Gasteiger partial charge in [0.2, 0.25) is 5.90 Å². The van der Waals surface area contributed by atoms with E-state index in [4.69, 9.17) is 9.47 Å². The van der Waals surface area contributed by atoms with Gasteiger partial charge in [0.25, 0.3) is 0 Å². The van der Waals surface area contributed by atoms with Crippen molar-refractivity contribution >= 4 is 56.5 Å². The molecule has 144 valence electrons. The molecule has 3 aromatic rings. The molecule has 6 heteroatoms. The number of aliphatic imine (C=N–C) groups is 1. The third-order valence-electron chi connectivity index (χ3n) is 4.19. The monoisotopic (exact) mass is 559 g/mol. The van der Waals surface area contributed by atoms with Crippen molar-refractivity contribution in [2.75, 3.05) is 0 Å². The van der Waals surface area contributed by atoms with Crippen molar-refractivity contribution in [1.82, 2.24) is 0 Å². The van der Waals surface area contributed by atoms with E-state index < -0.39 is 5.97 Å². The summed E-state index contributed by atoms with van der Waals surface area (Å²) in [5.74, 6) is 0.579. The summed E-state index contributed by atoms with van der Waals surface area (Å²) in [5, 5.41) is 0. The molecule has 1 aliphatic rings. The standard InChI is InChI=1S/C23H15BrINO3/c24-18-8-4-15(5-9-18)14-28-20-3-1-2-16(12-20)13-21-23(27)29-22(26-21)17-6-10-19(25)11-7-17/h1-13H,14H2/b21-13-. The van der Waals surface area contributed by atoms with Gasteiger partial charge in [-0.25, -0.2) is 9.79 Å². The van der Waals surface area contributed by atoms with E-state index in [0.29, 0.717) is 12.5 Å². The van der Waals surface area contributed by atoms with Crippen LogP contribution in [-0.4, -0.2) is 11.9 Å². The minimum absolute atomic E-state index is 0.267. The summed E-state index contributed by atoms with van der Waals surface area (Å²) in [7, 11) is 0. The van der Waals surface area contributed by atoms with Gasteiger partial charge in [-0.15, -0.1) is 0 Å². The lowest BCUT2D eigenvalue weighted by Crippen LogP contribution is -2.05. The topological polar surface area (TPSA) is 47.9 Å². The minimum Gasteiger partial charge on any atom is -0.489 e. The number of nitrogens with zero attached hydrogens (tertiary/aromatic N) is 1. The molecule has 0 aliphatic carbocycles. The minimum atomic E-state index is -0.459. The molecule has 0 N–H and O–H groups in total. The molecule has 0 fully saturated rings. The molecule has 1 heterocycles. The van der Waals surface area contributed by atoms with Crippen LogP contribution >= 0.6 is 38.5 Å². The highest BCUT2D eigenvalue weighted by atomic mass is 127. The summed E-state index contributed by atoms with van der Waals surface area (Å²) in [6.07, 6.45) is 1.70. The normalized spacial score (nSPS) is 14.6. The molecule has 29 heavy (non-hydrogen) atoms. The van der Waals surface area contributed by atoms with Crippen LogP contribution in [0, 0.1) is 3.57 Å². The molecule has 0 spiro atoms. The first-order chi connectivity index (χ1) is 14.1. The number of ether oxygens (including phenoxy) is 2. The molecule has 4 rings (SSSR count).